The summed E-state index contributed by atoms with van der Waals surface area (Å²) in [5.74, 6) is 0.129. The highest BCUT2D eigenvalue weighted by atomic mass is 16.3. The zero-order chi connectivity index (χ0) is 13.1. The number of amides is 1. The van der Waals surface area contributed by atoms with Crippen molar-refractivity contribution in [1.29, 1.82) is 0 Å². The first-order valence-corrected chi connectivity index (χ1v) is 6.55. The summed E-state index contributed by atoms with van der Waals surface area (Å²) in [7, 11) is 0. The van der Waals surface area contributed by atoms with Crippen LogP contribution in [0.4, 0.5) is 0 Å². The maximum Gasteiger partial charge on any atom is 0.244 e. The van der Waals surface area contributed by atoms with Crippen LogP contribution in [0.2, 0.25) is 0 Å². The van der Waals surface area contributed by atoms with Gasteiger partial charge in [0.05, 0.1) is 12.3 Å². The lowest BCUT2D eigenvalue weighted by Gasteiger charge is -2.26. The molecule has 100 valence electrons. The molecule has 1 aromatic heterocycles. The van der Waals surface area contributed by atoms with E-state index in [0.29, 0.717) is 0 Å². The highest BCUT2D eigenvalue weighted by Crippen LogP contribution is 2.14. The molecule has 1 aromatic rings. The number of aryl methyl sites for hydroxylation is 1. The number of piperidine rings is 1. The van der Waals surface area contributed by atoms with Gasteiger partial charge in [-0.2, -0.15) is 5.10 Å². The van der Waals surface area contributed by atoms with Gasteiger partial charge in [-0.3, -0.25) is 9.48 Å². The minimum atomic E-state index is -0.0183. The van der Waals surface area contributed by atoms with Crippen LogP contribution in [0.25, 0.3) is 0 Å². The predicted molar refractivity (Wildman–Crippen MR) is 68.1 cm³/mol. The van der Waals surface area contributed by atoms with Crippen LogP contribution in [0, 0.1) is 13.8 Å². The van der Waals surface area contributed by atoms with Crippen molar-refractivity contribution >= 4 is 5.91 Å². The molecule has 0 unspecified atom stereocenters. The molecule has 2 rings (SSSR count). The van der Waals surface area contributed by atoms with Crippen molar-refractivity contribution < 1.29 is 9.90 Å². The summed E-state index contributed by atoms with van der Waals surface area (Å²) in [6.45, 7) is 5.76. The Kier molecular flexibility index (Phi) is 4.01. The summed E-state index contributed by atoms with van der Waals surface area (Å²) >= 11 is 0. The van der Waals surface area contributed by atoms with Crippen molar-refractivity contribution in [2.24, 2.45) is 0 Å². The van der Waals surface area contributed by atoms with Crippen LogP contribution in [0.15, 0.2) is 0 Å². The second kappa shape index (κ2) is 5.52. The lowest BCUT2D eigenvalue weighted by molar-refractivity contribution is -0.132. The van der Waals surface area contributed by atoms with Crippen molar-refractivity contribution in [1.82, 2.24) is 14.7 Å². The fourth-order valence-electron chi connectivity index (χ4n) is 2.49. The van der Waals surface area contributed by atoms with Crippen LogP contribution in [0.3, 0.4) is 0 Å². The van der Waals surface area contributed by atoms with Crippen LogP contribution in [0.1, 0.15) is 36.2 Å². The maximum atomic E-state index is 12.1. The first kappa shape index (κ1) is 13.1. The predicted octanol–water partition coefficient (Wildman–Crippen LogP) is 1.00. The molecule has 0 saturated carbocycles. The number of hydrogen-bond donors (Lipinski definition) is 1. The Morgan fingerprint density at radius 2 is 1.94 bits per heavy atom. The number of aliphatic hydroxyl groups is 1. The van der Waals surface area contributed by atoms with E-state index in [0.717, 1.165) is 42.9 Å². The average molecular weight is 251 g/mol. The molecule has 0 spiro atoms. The number of aromatic nitrogens is 2. The molecule has 0 aliphatic carbocycles. The van der Waals surface area contributed by atoms with Crippen molar-refractivity contribution in [3.63, 3.8) is 0 Å². The first-order valence-electron chi connectivity index (χ1n) is 6.55. The maximum absolute atomic E-state index is 12.1. The van der Waals surface area contributed by atoms with Crippen LogP contribution in [-0.4, -0.2) is 38.8 Å². The minimum absolute atomic E-state index is 0.0183. The van der Waals surface area contributed by atoms with Gasteiger partial charge in [0.1, 0.15) is 6.54 Å². The van der Waals surface area contributed by atoms with Gasteiger partial charge in [0, 0.05) is 24.3 Å². The zero-order valence-electron chi connectivity index (χ0n) is 11.1. The summed E-state index contributed by atoms with van der Waals surface area (Å²) in [6, 6.07) is 0. The largest absolute Gasteiger partial charge is 0.392 e. The van der Waals surface area contributed by atoms with Crippen LogP contribution < -0.4 is 0 Å². The average Bonchev–Trinajstić information content (AvgIpc) is 2.65. The van der Waals surface area contributed by atoms with E-state index in [2.05, 4.69) is 5.10 Å². The fourth-order valence-corrected chi connectivity index (χ4v) is 2.49. The SMILES string of the molecule is Cc1nn(CC(=O)N2CCCCC2)c(C)c1CO. The van der Waals surface area contributed by atoms with Gasteiger partial charge >= 0.3 is 0 Å². The Labute approximate surface area is 107 Å². The highest BCUT2D eigenvalue weighted by molar-refractivity contribution is 5.76. The third-order valence-electron chi connectivity index (χ3n) is 3.68. The first-order chi connectivity index (χ1) is 8.63. The third kappa shape index (κ3) is 2.56. The highest BCUT2D eigenvalue weighted by Gasteiger charge is 2.19. The molecule has 0 atom stereocenters. The zero-order valence-corrected chi connectivity index (χ0v) is 11.1. The van der Waals surface area contributed by atoms with Gasteiger partial charge in [-0.25, -0.2) is 0 Å². The molecule has 1 N–H and O–H groups in total. The molecule has 0 radical (unpaired) electrons. The van der Waals surface area contributed by atoms with Crippen LogP contribution in [0.5, 0.6) is 0 Å². The summed E-state index contributed by atoms with van der Waals surface area (Å²) < 4.78 is 1.71. The Bertz CT molecular complexity index is 434. The molecule has 5 heteroatoms. The Morgan fingerprint density at radius 1 is 1.28 bits per heavy atom. The Morgan fingerprint density at radius 3 is 2.50 bits per heavy atom. The molecule has 1 fully saturated rings. The number of aliphatic hydroxyl groups excluding tert-OH is 1. The molecule has 0 bridgehead atoms. The molecule has 1 aliphatic rings. The standard InChI is InChI=1S/C13H21N3O2/c1-10-12(9-17)11(2)16(14-10)8-13(18)15-6-4-3-5-7-15/h17H,3-9H2,1-2H3. The van der Waals surface area contributed by atoms with Gasteiger partial charge < -0.3 is 10.0 Å². The second-order valence-corrected chi connectivity index (χ2v) is 4.91. The second-order valence-electron chi connectivity index (χ2n) is 4.91. The van der Waals surface area contributed by atoms with E-state index in [-0.39, 0.29) is 19.1 Å². The molecule has 1 saturated heterocycles. The Hall–Kier alpha value is -1.36. The molecule has 18 heavy (non-hydrogen) atoms. The summed E-state index contributed by atoms with van der Waals surface area (Å²) in [5.41, 5.74) is 2.53. The van der Waals surface area contributed by atoms with E-state index in [1.165, 1.54) is 6.42 Å². The number of hydrogen-bond acceptors (Lipinski definition) is 3. The molecule has 1 amide bonds. The van der Waals surface area contributed by atoms with Crippen LogP contribution >= 0.6 is 0 Å². The quantitative estimate of drug-likeness (QED) is 0.872. The summed E-state index contributed by atoms with van der Waals surface area (Å²) in [5, 5.41) is 13.6. The monoisotopic (exact) mass is 251 g/mol. The smallest absolute Gasteiger partial charge is 0.244 e. The van der Waals surface area contributed by atoms with E-state index in [4.69, 9.17) is 0 Å². The van der Waals surface area contributed by atoms with Gasteiger partial charge in [0.15, 0.2) is 0 Å². The van der Waals surface area contributed by atoms with E-state index in [1.54, 1.807) is 4.68 Å². The lowest BCUT2D eigenvalue weighted by atomic mass is 10.1. The van der Waals surface area contributed by atoms with Crippen molar-refractivity contribution in [3.8, 4) is 0 Å². The number of rotatable bonds is 3. The van der Waals surface area contributed by atoms with Crippen molar-refractivity contribution in [2.45, 2.75) is 46.3 Å². The summed E-state index contributed by atoms with van der Waals surface area (Å²) in [6.07, 6.45) is 3.42. The van der Waals surface area contributed by atoms with Gasteiger partial charge in [-0.15, -0.1) is 0 Å². The number of likely N-dealkylation sites (tertiary alicyclic amines) is 1. The van der Waals surface area contributed by atoms with Gasteiger partial charge in [-0.05, 0) is 33.1 Å². The van der Waals surface area contributed by atoms with Gasteiger partial charge in [0.25, 0.3) is 0 Å². The van der Waals surface area contributed by atoms with Crippen molar-refractivity contribution in [2.75, 3.05) is 13.1 Å². The van der Waals surface area contributed by atoms with Crippen LogP contribution in [-0.2, 0) is 17.9 Å². The van der Waals surface area contributed by atoms with E-state index < -0.39 is 0 Å². The lowest BCUT2D eigenvalue weighted by Crippen LogP contribution is -2.38. The Balaban J connectivity index is 2.06. The van der Waals surface area contributed by atoms with E-state index in [1.807, 2.05) is 18.7 Å². The normalized spacial score (nSPS) is 16.1. The van der Waals surface area contributed by atoms with E-state index >= 15 is 0 Å². The third-order valence-corrected chi connectivity index (χ3v) is 3.68. The fraction of sp³-hybridized carbons (Fsp3) is 0.692. The molecule has 5 nitrogen and oxygen atoms in total. The molecule has 1 aliphatic heterocycles. The summed E-state index contributed by atoms with van der Waals surface area (Å²) in [4.78, 5) is 14.0. The number of nitrogens with zero attached hydrogens (tertiary/aromatic N) is 3. The molecular weight excluding hydrogens is 230 g/mol. The molecule has 0 aromatic carbocycles. The van der Waals surface area contributed by atoms with Gasteiger partial charge in [-0.1, -0.05) is 0 Å². The van der Waals surface area contributed by atoms with E-state index in [9.17, 15) is 9.90 Å². The number of carbonyl (C=O) groups excluding carboxylic acids is 1. The topological polar surface area (TPSA) is 58.4 Å². The minimum Gasteiger partial charge on any atom is -0.392 e. The number of carbonyl (C=O) groups is 1. The molecular formula is C13H21N3O2. The van der Waals surface area contributed by atoms with Crippen molar-refractivity contribution in [3.05, 3.63) is 17.0 Å². The molecule has 2 heterocycles. The van der Waals surface area contributed by atoms with Gasteiger partial charge in [0.2, 0.25) is 5.91 Å².